The average Bonchev–Trinajstić information content (AvgIpc) is 3.36. The van der Waals surface area contributed by atoms with Crippen molar-refractivity contribution in [2.75, 3.05) is 12.4 Å². The van der Waals surface area contributed by atoms with Crippen LogP contribution < -0.4 is 15.4 Å². The number of hydrogen-bond acceptors (Lipinski definition) is 4. The van der Waals surface area contributed by atoms with E-state index in [9.17, 15) is 14.4 Å². The monoisotopic (exact) mass is 454 g/mol. The average molecular weight is 455 g/mol. The molecule has 166 valence electrons. The van der Waals surface area contributed by atoms with Crippen molar-refractivity contribution in [1.29, 1.82) is 0 Å². The zero-order valence-corrected chi connectivity index (χ0v) is 18.8. The number of hydrogen-bond donors (Lipinski definition) is 2. The van der Waals surface area contributed by atoms with Gasteiger partial charge in [-0.1, -0.05) is 43.6 Å². The van der Waals surface area contributed by atoms with Gasteiger partial charge in [0.1, 0.15) is 23.6 Å². The Kier molecular flexibility index (Phi) is 4.80. The van der Waals surface area contributed by atoms with Crippen LogP contribution in [0.15, 0.2) is 42.5 Å². The summed E-state index contributed by atoms with van der Waals surface area (Å²) in [6.07, 6.45) is 0. The molecule has 3 N–H and O–H groups in total. The number of ether oxygens (including phenoxy) is 1. The summed E-state index contributed by atoms with van der Waals surface area (Å²) in [4.78, 5) is 42.0. The molecule has 5 rings (SSSR count). The summed E-state index contributed by atoms with van der Waals surface area (Å²) >= 11 is 6.36. The SMILES string of the molecule is COc1ccc(CN2C(=O)[C@@H]3[C@H](C(C)C)[NH2+][C@]4(C(=O)Nc5c(Cl)cccc54)[C@H]3C2=O)cc1. The number of halogens is 1. The molecule has 2 fully saturated rings. The number of nitrogens with one attached hydrogen (secondary N) is 1. The molecule has 0 unspecified atom stereocenters. The maximum Gasteiger partial charge on any atom is 0.291 e. The van der Waals surface area contributed by atoms with E-state index in [1.807, 2.05) is 37.4 Å². The van der Waals surface area contributed by atoms with Crippen LogP contribution in [0.1, 0.15) is 25.0 Å². The number of quaternary nitrogens is 1. The molecule has 1 spiro atoms. The molecule has 4 atom stereocenters. The minimum Gasteiger partial charge on any atom is -0.497 e. The van der Waals surface area contributed by atoms with Crippen LogP contribution in [-0.4, -0.2) is 35.8 Å². The van der Waals surface area contributed by atoms with Crippen molar-refractivity contribution in [3.05, 3.63) is 58.6 Å². The molecule has 0 saturated carbocycles. The molecule has 3 aliphatic heterocycles. The number of nitrogens with two attached hydrogens (primary N) is 1. The molecule has 2 aromatic rings. The highest BCUT2D eigenvalue weighted by Crippen LogP contribution is 2.51. The molecule has 32 heavy (non-hydrogen) atoms. The third-order valence-electron chi connectivity index (χ3n) is 7.15. The molecule has 0 aromatic heterocycles. The smallest absolute Gasteiger partial charge is 0.291 e. The van der Waals surface area contributed by atoms with Crippen LogP contribution in [0.5, 0.6) is 5.75 Å². The highest BCUT2D eigenvalue weighted by Gasteiger charge is 2.74. The van der Waals surface area contributed by atoms with Crippen LogP contribution >= 0.6 is 11.6 Å². The number of amides is 3. The fourth-order valence-corrected chi connectivity index (χ4v) is 5.84. The maximum absolute atomic E-state index is 13.7. The minimum atomic E-state index is -1.19. The van der Waals surface area contributed by atoms with Gasteiger partial charge in [0.05, 0.1) is 24.4 Å². The van der Waals surface area contributed by atoms with Gasteiger partial charge in [-0.05, 0) is 29.8 Å². The second-order valence-corrected chi connectivity index (χ2v) is 9.49. The second kappa shape index (κ2) is 7.32. The Hall–Kier alpha value is -2.90. The van der Waals surface area contributed by atoms with E-state index in [1.165, 1.54) is 4.90 Å². The first kappa shape index (κ1) is 21.0. The standard InChI is InChI=1S/C24H24ClN3O4/c1-12(2)19-17-18(24(27-19)15-5-4-6-16(25)20(15)26-23(24)31)22(30)28(21(17)29)11-13-7-9-14(32-3)10-8-13/h4-10,12,17-19,27H,11H2,1-3H3,(H,26,31)/p+1/t17-,18+,19-,24-/m0/s1. The van der Waals surface area contributed by atoms with Crippen LogP contribution in [0.2, 0.25) is 5.02 Å². The summed E-state index contributed by atoms with van der Waals surface area (Å²) < 4.78 is 5.19. The van der Waals surface area contributed by atoms with Gasteiger partial charge in [-0.15, -0.1) is 0 Å². The van der Waals surface area contributed by atoms with Crippen LogP contribution in [-0.2, 0) is 26.5 Å². The zero-order valence-electron chi connectivity index (χ0n) is 18.1. The van der Waals surface area contributed by atoms with Gasteiger partial charge in [-0.3, -0.25) is 19.3 Å². The lowest BCUT2D eigenvalue weighted by Gasteiger charge is -2.27. The van der Waals surface area contributed by atoms with Gasteiger partial charge < -0.3 is 15.4 Å². The Morgan fingerprint density at radius 1 is 1.12 bits per heavy atom. The van der Waals surface area contributed by atoms with E-state index in [4.69, 9.17) is 16.3 Å². The molecule has 7 nitrogen and oxygen atoms in total. The van der Waals surface area contributed by atoms with Crippen molar-refractivity contribution < 1.29 is 24.4 Å². The van der Waals surface area contributed by atoms with E-state index in [1.54, 1.807) is 31.4 Å². The number of para-hydroxylation sites is 1. The van der Waals surface area contributed by atoms with Gasteiger partial charge >= 0.3 is 0 Å². The number of carbonyl (C=O) groups excluding carboxylic acids is 3. The summed E-state index contributed by atoms with van der Waals surface area (Å²) in [5.41, 5.74) is 0.847. The molecule has 3 aliphatic rings. The highest BCUT2D eigenvalue weighted by molar-refractivity contribution is 6.35. The number of fused-ring (bicyclic) bond motifs is 4. The number of benzene rings is 2. The van der Waals surface area contributed by atoms with Gasteiger partial charge in [0.25, 0.3) is 5.91 Å². The number of rotatable bonds is 4. The summed E-state index contributed by atoms with van der Waals surface area (Å²) in [5, 5.41) is 5.25. The van der Waals surface area contributed by atoms with Gasteiger partial charge in [0, 0.05) is 11.5 Å². The fourth-order valence-electron chi connectivity index (χ4n) is 5.61. The summed E-state index contributed by atoms with van der Waals surface area (Å²) in [7, 11) is 1.59. The number of anilines is 1. The zero-order chi connectivity index (χ0) is 22.8. The van der Waals surface area contributed by atoms with E-state index in [0.717, 1.165) is 5.56 Å². The molecular weight excluding hydrogens is 430 g/mol. The largest absolute Gasteiger partial charge is 0.497 e. The summed E-state index contributed by atoms with van der Waals surface area (Å²) in [6, 6.07) is 12.4. The lowest BCUT2D eigenvalue weighted by atomic mass is 9.76. The van der Waals surface area contributed by atoms with Gasteiger partial charge in [0.2, 0.25) is 17.4 Å². The van der Waals surface area contributed by atoms with Crippen molar-refractivity contribution in [2.24, 2.45) is 17.8 Å². The Morgan fingerprint density at radius 2 is 1.84 bits per heavy atom. The van der Waals surface area contributed by atoms with Gasteiger partial charge in [-0.2, -0.15) is 0 Å². The second-order valence-electron chi connectivity index (χ2n) is 9.09. The Bertz CT molecular complexity index is 1130. The van der Waals surface area contributed by atoms with E-state index >= 15 is 0 Å². The van der Waals surface area contributed by atoms with Crippen molar-refractivity contribution in [3.8, 4) is 5.75 Å². The van der Waals surface area contributed by atoms with Gasteiger partial charge in [-0.25, -0.2) is 0 Å². The lowest BCUT2D eigenvalue weighted by molar-refractivity contribution is -0.738. The molecule has 0 aliphatic carbocycles. The first-order valence-corrected chi connectivity index (χ1v) is 11.1. The maximum atomic E-state index is 13.7. The summed E-state index contributed by atoms with van der Waals surface area (Å²) in [6.45, 7) is 4.21. The van der Waals surface area contributed by atoms with Crippen molar-refractivity contribution in [2.45, 2.75) is 32.0 Å². The van der Waals surface area contributed by atoms with Crippen LogP contribution in [0, 0.1) is 17.8 Å². The molecule has 2 aromatic carbocycles. The molecular formula is C24H25ClN3O4+. The quantitative estimate of drug-likeness (QED) is 0.690. The van der Waals surface area contributed by atoms with E-state index < -0.39 is 17.4 Å². The molecule has 3 amide bonds. The third kappa shape index (κ3) is 2.74. The Labute approximate surface area is 191 Å². The van der Waals surface area contributed by atoms with Crippen molar-refractivity contribution in [3.63, 3.8) is 0 Å². The molecule has 2 saturated heterocycles. The number of methoxy groups -OCH3 is 1. The van der Waals surface area contributed by atoms with E-state index in [2.05, 4.69) is 5.32 Å². The molecule has 0 radical (unpaired) electrons. The molecule has 8 heteroatoms. The van der Waals surface area contributed by atoms with Crippen molar-refractivity contribution in [1.82, 2.24) is 4.90 Å². The lowest BCUT2D eigenvalue weighted by Crippen LogP contribution is -2.99. The van der Waals surface area contributed by atoms with E-state index in [0.29, 0.717) is 22.0 Å². The van der Waals surface area contributed by atoms with E-state index in [-0.39, 0.29) is 36.2 Å². The van der Waals surface area contributed by atoms with Crippen LogP contribution in [0.4, 0.5) is 5.69 Å². The van der Waals surface area contributed by atoms with Crippen LogP contribution in [0.25, 0.3) is 0 Å². The third-order valence-corrected chi connectivity index (χ3v) is 7.46. The fraction of sp³-hybridized carbons (Fsp3) is 0.375. The number of imide groups is 1. The topological polar surface area (TPSA) is 92.3 Å². The molecule has 3 heterocycles. The Morgan fingerprint density at radius 3 is 2.50 bits per heavy atom. The minimum absolute atomic E-state index is 0.0931. The first-order valence-electron chi connectivity index (χ1n) is 10.7. The Balaban J connectivity index is 1.58. The number of carbonyl (C=O) groups is 3. The van der Waals surface area contributed by atoms with Crippen molar-refractivity contribution >= 4 is 35.0 Å². The van der Waals surface area contributed by atoms with Gasteiger partial charge in [0.15, 0.2) is 0 Å². The van der Waals surface area contributed by atoms with Crippen LogP contribution in [0.3, 0.4) is 0 Å². The predicted octanol–water partition coefficient (Wildman–Crippen LogP) is 1.90. The first-order chi connectivity index (χ1) is 15.3. The normalized spacial score (nSPS) is 28.5. The molecule has 0 bridgehead atoms. The number of nitrogens with zero attached hydrogens (tertiary/aromatic N) is 1. The highest BCUT2D eigenvalue weighted by atomic mass is 35.5. The predicted molar refractivity (Wildman–Crippen MR) is 118 cm³/mol. The number of likely N-dealkylation sites (tertiary alicyclic amines) is 1. The summed E-state index contributed by atoms with van der Waals surface area (Å²) in [5.74, 6) is -1.36.